The molecule has 1 rings (SSSR count). The Bertz CT molecular complexity index is 393. The van der Waals surface area contributed by atoms with Crippen LogP contribution in [0.5, 0.6) is 0 Å². The molecular formula is C16H24O3. The van der Waals surface area contributed by atoms with Gasteiger partial charge in [0.25, 0.3) is 0 Å². The van der Waals surface area contributed by atoms with Gasteiger partial charge in [-0.05, 0) is 44.7 Å². The van der Waals surface area contributed by atoms with E-state index in [1.54, 1.807) is 7.11 Å². The summed E-state index contributed by atoms with van der Waals surface area (Å²) in [6.07, 6.45) is 1.99. The molecule has 0 aliphatic carbocycles. The van der Waals surface area contributed by atoms with Crippen molar-refractivity contribution in [2.75, 3.05) is 13.7 Å². The number of rotatable bonds is 8. The average Bonchev–Trinajstić information content (AvgIpc) is 2.37. The van der Waals surface area contributed by atoms with Gasteiger partial charge in [0.15, 0.2) is 5.78 Å². The van der Waals surface area contributed by atoms with E-state index in [-0.39, 0.29) is 18.0 Å². The molecule has 0 aromatic heterocycles. The van der Waals surface area contributed by atoms with Crippen LogP contribution in [0.25, 0.3) is 0 Å². The van der Waals surface area contributed by atoms with Crippen LogP contribution in [-0.4, -0.2) is 25.1 Å². The minimum atomic E-state index is -0.0801. The van der Waals surface area contributed by atoms with E-state index in [1.807, 2.05) is 0 Å². The first-order chi connectivity index (χ1) is 8.93. The van der Waals surface area contributed by atoms with Gasteiger partial charge in [0, 0.05) is 7.11 Å². The van der Waals surface area contributed by atoms with Crippen molar-refractivity contribution in [2.45, 2.75) is 45.8 Å². The first-order valence-electron chi connectivity index (χ1n) is 6.63. The van der Waals surface area contributed by atoms with E-state index in [2.05, 4.69) is 38.1 Å². The summed E-state index contributed by atoms with van der Waals surface area (Å²) in [5, 5.41) is 0. The van der Waals surface area contributed by atoms with Crippen LogP contribution in [0, 0.1) is 0 Å². The second-order valence-electron chi connectivity index (χ2n) is 5.48. The van der Waals surface area contributed by atoms with Crippen LogP contribution in [-0.2, 0) is 27.3 Å². The standard InChI is InChI=1S/C16H24O3/c1-13(17)11-19-12-15-7-5-14(6-8-15)9-10-16(2,3)18-4/h5-8H,9-12H2,1-4H3. The summed E-state index contributed by atoms with van der Waals surface area (Å²) in [6, 6.07) is 8.32. The summed E-state index contributed by atoms with van der Waals surface area (Å²) < 4.78 is 10.7. The van der Waals surface area contributed by atoms with E-state index < -0.39 is 0 Å². The number of ketones is 1. The fourth-order valence-corrected chi connectivity index (χ4v) is 1.66. The van der Waals surface area contributed by atoms with Gasteiger partial charge in [-0.3, -0.25) is 4.79 Å². The monoisotopic (exact) mass is 264 g/mol. The smallest absolute Gasteiger partial charge is 0.155 e. The highest BCUT2D eigenvalue weighted by Crippen LogP contribution is 2.17. The molecule has 0 atom stereocenters. The van der Waals surface area contributed by atoms with Gasteiger partial charge in [0.1, 0.15) is 6.61 Å². The molecule has 106 valence electrons. The first-order valence-corrected chi connectivity index (χ1v) is 6.63. The number of hydrogen-bond acceptors (Lipinski definition) is 3. The highest BCUT2D eigenvalue weighted by atomic mass is 16.5. The molecule has 19 heavy (non-hydrogen) atoms. The fourth-order valence-electron chi connectivity index (χ4n) is 1.66. The molecule has 0 spiro atoms. The maximum Gasteiger partial charge on any atom is 0.155 e. The predicted molar refractivity (Wildman–Crippen MR) is 76.2 cm³/mol. The SMILES string of the molecule is COC(C)(C)CCc1ccc(COCC(C)=O)cc1. The predicted octanol–water partition coefficient (Wildman–Crippen LogP) is 3.15. The van der Waals surface area contributed by atoms with Gasteiger partial charge in [0.05, 0.1) is 12.2 Å². The summed E-state index contributed by atoms with van der Waals surface area (Å²) in [4.78, 5) is 10.8. The number of hydrogen-bond donors (Lipinski definition) is 0. The minimum absolute atomic E-state index is 0.0541. The molecule has 0 fully saturated rings. The Morgan fingerprint density at radius 3 is 2.26 bits per heavy atom. The molecule has 1 aromatic rings. The molecule has 3 heteroatoms. The number of aryl methyl sites for hydroxylation is 1. The van der Waals surface area contributed by atoms with Gasteiger partial charge >= 0.3 is 0 Å². The molecule has 0 amide bonds. The molecule has 0 saturated heterocycles. The van der Waals surface area contributed by atoms with Gasteiger partial charge in [-0.25, -0.2) is 0 Å². The first kappa shape index (κ1) is 15.9. The quantitative estimate of drug-likeness (QED) is 0.723. The van der Waals surface area contributed by atoms with E-state index in [0.29, 0.717) is 6.61 Å². The van der Waals surface area contributed by atoms with Crippen molar-refractivity contribution in [2.24, 2.45) is 0 Å². The van der Waals surface area contributed by atoms with Crippen molar-refractivity contribution >= 4 is 5.78 Å². The molecule has 1 aromatic carbocycles. The zero-order valence-corrected chi connectivity index (χ0v) is 12.4. The summed E-state index contributed by atoms with van der Waals surface area (Å²) in [7, 11) is 1.75. The van der Waals surface area contributed by atoms with E-state index in [4.69, 9.17) is 9.47 Å². The van der Waals surface area contributed by atoms with Gasteiger partial charge in [-0.1, -0.05) is 24.3 Å². The van der Waals surface area contributed by atoms with Crippen molar-refractivity contribution in [1.82, 2.24) is 0 Å². The zero-order valence-electron chi connectivity index (χ0n) is 12.4. The summed E-state index contributed by atoms with van der Waals surface area (Å²) >= 11 is 0. The van der Waals surface area contributed by atoms with E-state index in [9.17, 15) is 4.79 Å². The minimum Gasteiger partial charge on any atom is -0.379 e. The molecular weight excluding hydrogens is 240 g/mol. The van der Waals surface area contributed by atoms with Crippen LogP contribution in [0.15, 0.2) is 24.3 Å². The Kier molecular flexibility index (Phi) is 6.19. The van der Waals surface area contributed by atoms with Crippen LogP contribution in [0.3, 0.4) is 0 Å². The molecule has 0 radical (unpaired) electrons. The summed E-state index contributed by atoms with van der Waals surface area (Å²) in [5.41, 5.74) is 2.31. The number of carbonyl (C=O) groups is 1. The van der Waals surface area contributed by atoms with Crippen LogP contribution < -0.4 is 0 Å². The lowest BCUT2D eigenvalue weighted by Crippen LogP contribution is -2.22. The van der Waals surface area contributed by atoms with Gasteiger partial charge in [-0.2, -0.15) is 0 Å². The molecule has 0 unspecified atom stereocenters. The Morgan fingerprint density at radius 1 is 1.16 bits per heavy atom. The summed E-state index contributed by atoms with van der Waals surface area (Å²) in [6.45, 7) is 6.39. The normalized spacial score (nSPS) is 11.6. The number of Topliss-reactive ketones (excluding diaryl/α,β-unsaturated/α-hetero) is 1. The van der Waals surface area contributed by atoms with Crippen molar-refractivity contribution in [1.29, 1.82) is 0 Å². The van der Waals surface area contributed by atoms with Gasteiger partial charge in [-0.15, -0.1) is 0 Å². The Balaban J connectivity index is 2.41. The number of methoxy groups -OCH3 is 1. The third-order valence-electron chi connectivity index (χ3n) is 3.17. The van der Waals surface area contributed by atoms with Crippen molar-refractivity contribution in [3.63, 3.8) is 0 Å². The third-order valence-corrected chi connectivity index (χ3v) is 3.17. The topological polar surface area (TPSA) is 35.5 Å². The molecule has 0 bridgehead atoms. The lowest BCUT2D eigenvalue weighted by atomic mass is 9.98. The lowest BCUT2D eigenvalue weighted by Gasteiger charge is -2.22. The van der Waals surface area contributed by atoms with Crippen molar-refractivity contribution < 1.29 is 14.3 Å². The largest absolute Gasteiger partial charge is 0.379 e. The van der Waals surface area contributed by atoms with Crippen LogP contribution in [0.1, 0.15) is 38.3 Å². The lowest BCUT2D eigenvalue weighted by molar-refractivity contribution is -0.121. The zero-order chi connectivity index (χ0) is 14.3. The second-order valence-corrected chi connectivity index (χ2v) is 5.48. The van der Waals surface area contributed by atoms with Crippen LogP contribution >= 0.6 is 0 Å². The maximum absolute atomic E-state index is 10.8. The molecule has 3 nitrogen and oxygen atoms in total. The van der Waals surface area contributed by atoms with Gasteiger partial charge < -0.3 is 9.47 Å². The Morgan fingerprint density at radius 2 is 1.74 bits per heavy atom. The average molecular weight is 264 g/mol. The molecule has 0 aliphatic rings. The number of carbonyl (C=O) groups excluding carboxylic acids is 1. The van der Waals surface area contributed by atoms with E-state index in [0.717, 1.165) is 18.4 Å². The highest BCUT2D eigenvalue weighted by molar-refractivity contribution is 5.76. The van der Waals surface area contributed by atoms with Crippen LogP contribution in [0.2, 0.25) is 0 Å². The number of benzene rings is 1. The van der Waals surface area contributed by atoms with E-state index >= 15 is 0 Å². The molecule has 0 aliphatic heterocycles. The van der Waals surface area contributed by atoms with Crippen molar-refractivity contribution in [3.8, 4) is 0 Å². The Labute approximate surface area is 115 Å². The fraction of sp³-hybridized carbons (Fsp3) is 0.562. The molecule has 0 saturated carbocycles. The van der Waals surface area contributed by atoms with Gasteiger partial charge in [0.2, 0.25) is 0 Å². The van der Waals surface area contributed by atoms with Crippen LogP contribution in [0.4, 0.5) is 0 Å². The van der Waals surface area contributed by atoms with E-state index in [1.165, 1.54) is 12.5 Å². The number of ether oxygens (including phenoxy) is 2. The summed E-state index contributed by atoms with van der Waals surface area (Å²) in [5.74, 6) is 0.0541. The maximum atomic E-state index is 10.8. The van der Waals surface area contributed by atoms with Crippen molar-refractivity contribution in [3.05, 3.63) is 35.4 Å². The highest BCUT2D eigenvalue weighted by Gasteiger charge is 2.15. The second kappa shape index (κ2) is 7.41. The third kappa shape index (κ3) is 6.50. The molecule has 0 heterocycles. The molecule has 0 N–H and O–H groups in total. The Hall–Kier alpha value is -1.19.